The molecule has 7 nitrogen and oxygen atoms in total. The van der Waals surface area contributed by atoms with Crippen molar-refractivity contribution < 1.29 is 9.00 Å². The Hall–Kier alpha value is -1.85. The fraction of sp³-hybridized carbons (Fsp3) is 0.455. The molecule has 3 aliphatic rings. The van der Waals surface area contributed by atoms with Gasteiger partial charge in [0, 0.05) is 66.2 Å². The number of amides is 1. The highest BCUT2D eigenvalue weighted by Crippen LogP contribution is 2.45. The van der Waals surface area contributed by atoms with Crippen LogP contribution in [0, 0.1) is 5.41 Å². The van der Waals surface area contributed by atoms with Gasteiger partial charge < -0.3 is 15.5 Å². The van der Waals surface area contributed by atoms with E-state index in [2.05, 4.69) is 26.4 Å². The van der Waals surface area contributed by atoms with Gasteiger partial charge >= 0.3 is 0 Å². The summed E-state index contributed by atoms with van der Waals surface area (Å²) < 4.78 is 13.0. The van der Waals surface area contributed by atoms with Crippen LogP contribution in [0.15, 0.2) is 18.5 Å². The van der Waals surface area contributed by atoms with Gasteiger partial charge in [-0.25, -0.2) is 4.98 Å². The number of carbonyl (C=O) groups excluding carboxylic acids is 1. The predicted octanol–water partition coefficient (Wildman–Crippen LogP) is 2.43. The van der Waals surface area contributed by atoms with Crippen molar-refractivity contribution in [2.75, 3.05) is 43.0 Å². The summed E-state index contributed by atoms with van der Waals surface area (Å²) in [7, 11) is -1.81. The topological polar surface area (TPSA) is 87.2 Å². The SMILES string of the molecule is C=S1(=O)CC2(CN(CCC(=O)Nc3sc4c(c3-c3nc5cnccc5s3)CCNC4)C2)C1. The Morgan fingerprint density at radius 3 is 2.97 bits per heavy atom. The summed E-state index contributed by atoms with van der Waals surface area (Å²) in [6.07, 6.45) is 4.98. The summed E-state index contributed by atoms with van der Waals surface area (Å²) in [6, 6.07) is 1.99. The highest BCUT2D eigenvalue weighted by molar-refractivity contribution is 8.01. The van der Waals surface area contributed by atoms with Crippen LogP contribution in [0.2, 0.25) is 0 Å². The van der Waals surface area contributed by atoms with Crippen molar-refractivity contribution in [3.05, 3.63) is 28.9 Å². The molecule has 2 saturated heterocycles. The summed E-state index contributed by atoms with van der Waals surface area (Å²) in [5, 5.41) is 8.49. The molecule has 0 bridgehead atoms. The second-order valence-electron chi connectivity index (χ2n) is 9.26. The van der Waals surface area contributed by atoms with E-state index in [9.17, 15) is 9.00 Å². The summed E-state index contributed by atoms with van der Waals surface area (Å²) in [5.41, 5.74) is 3.50. The number of rotatable bonds is 5. The Balaban J connectivity index is 1.17. The maximum atomic E-state index is 12.8. The maximum absolute atomic E-state index is 12.8. The molecule has 168 valence electrons. The van der Waals surface area contributed by atoms with E-state index in [-0.39, 0.29) is 11.3 Å². The number of pyridine rings is 1. The van der Waals surface area contributed by atoms with Gasteiger partial charge in [-0.1, -0.05) is 0 Å². The zero-order valence-corrected chi connectivity index (χ0v) is 20.1. The highest BCUT2D eigenvalue weighted by atomic mass is 32.2. The van der Waals surface area contributed by atoms with E-state index in [1.165, 1.54) is 10.4 Å². The van der Waals surface area contributed by atoms with Gasteiger partial charge in [-0.3, -0.25) is 14.0 Å². The van der Waals surface area contributed by atoms with Crippen LogP contribution in [0.1, 0.15) is 16.9 Å². The molecule has 0 aliphatic carbocycles. The van der Waals surface area contributed by atoms with Crippen LogP contribution < -0.4 is 10.6 Å². The van der Waals surface area contributed by atoms with Gasteiger partial charge in [-0.05, 0) is 40.0 Å². The number of thiophene rings is 1. The minimum absolute atomic E-state index is 0.0381. The molecule has 0 aromatic carbocycles. The Morgan fingerprint density at radius 2 is 2.19 bits per heavy atom. The minimum atomic E-state index is -1.81. The molecule has 6 heterocycles. The highest BCUT2D eigenvalue weighted by Gasteiger charge is 2.52. The van der Waals surface area contributed by atoms with E-state index < -0.39 is 9.52 Å². The Morgan fingerprint density at radius 1 is 1.34 bits per heavy atom. The maximum Gasteiger partial charge on any atom is 0.226 e. The van der Waals surface area contributed by atoms with Gasteiger partial charge in [0.2, 0.25) is 5.91 Å². The molecule has 6 rings (SSSR count). The molecule has 1 spiro atoms. The zero-order chi connectivity index (χ0) is 21.9. The molecule has 2 fully saturated rings. The van der Waals surface area contributed by atoms with Crippen molar-refractivity contribution in [3.8, 4) is 10.6 Å². The van der Waals surface area contributed by atoms with Crippen molar-refractivity contribution in [1.82, 2.24) is 20.2 Å². The first-order valence-electron chi connectivity index (χ1n) is 10.8. The number of aromatic nitrogens is 2. The van der Waals surface area contributed by atoms with Crippen molar-refractivity contribution in [2.24, 2.45) is 5.41 Å². The van der Waals surface area contributed by atoms with E-state index >= 15 is 0 Å². The smallest absolute Gasteiger partial charge is 0.226 e. The van der Waals surface area contributed by atoms with E-state index in [1.807, 2.05) is 6.07 Å². The fourth-order valence-electron chi connectivity index (χ4n) is 5.30. The lowest BCUT2D eigenvalue weighted by Gasteiger charge is -2.57. The number of nitrogens with zero attached hydrogens (tertiary/aromatic N) is 3. The van der Waals surface area contributed by atoms with E-state index in [0.717, 1.165) is 76.4 Å². The normalized spacial score (nSPS) is 21.1. The molecule has 3 aromatic rings. The van der Waals surface area contributed by atoms with Crippen molar-refractivity contribution >= 4 is 59.2 Å². The number of thiazole rings is 1. The molecule has 3 aliphatic heterocycles. The number of nitrogens with one attached hydrogen (secondary N) is 2. The molecule has 0 saturated carbocycles. The molecule has 3 aromatic heterocycles. The van der Waals surface area contributed by atoms with Gasteiger partial charge in [-0.2, -0.15) is 0 Å². The Labute approximate surface area is 195 Å². The second kappa shape index (κ2) is 7.59. The number of fused-ring (bicyclic) bond motifs is 2. The average Bonchev–Trinajstić information content (AvgIpc) is 3.29. The number of likely N-dealkylation sites (tertiary alicyclic amines) is 1. The summed E-state index contributed by atoms with van der Waals surface area (Å²) in [6.45, 7) is 4.39. The first-order chi connectivity index (χ1) is 15.4. The number of hydrogen-bond acceptors (Lipinski definition) is 8. The third-order valence-electron chi connectivity index (χ3n) is 6.50. The molecule has 2 N–H and O–H groups in total. The number of anilines is 1. The van der Waals surface area contributed by atoms with Crippen LogP contribution in [-0.4, -0.2) is 68.5 Å². The standard InChI is InChI=1S/C22H25N5O2S3/c1-32(29)12-22(13-32)10-27(11-22)7-4-18(28)26-21-19(14-2-5-24-9-17(14)31-21)20-25-15-8-23-6-3-16(15)30-20/h3,6,8,24H,1-2,4-5,7,9-13H2,(H,26,28). The summed E-state index contributed by atoms with van der Waals surface area (Å²) in [5.74, 6) is 5.34. The molecule has 0 radical (unpaired) electrons. The van der Waals surface area contributed by atoms with Crippen LogP contribution in [0.5, 0.6) is 0 Å². The first kappa shape index (κ1) is 20.7. The largest absolute Gasteiger partial charge is 0.317 e. The third kappa shape index (κ3) is 3.67. The van der Waals surface area contributed by atoms with Crippen LogP contribution in [0.3, 0.4) is 0 Å². The molecule has 1 amide bonds. The van der Waals surface area contributed by atoms with Gasteiger partial charge in [-0.15, -0.1) is 22.7 Å². The quantitative estimate of drug-likeness (QED) is 0.538. The average molecular weight is 488 g/mol. The lowest BCUT2D eigenvalue weighted by Crippen LogP contribution is -2.68. The number of hydrogen-bond donors (Lipinski definition) is 2. The van der Waals surface area contributed by atoms with Crippen molar-refractivity contribution in [3.63, 3.8) is 0 Å². The Kier molecular flexibility index (Phi) is 4.92. The van der Waals surface area contributed by atoms with E-state index in [0.29, 0.717) is 6.42 Å². The molecule has 10 heteroatoms. The van der Waals surface area contributed by atoms with Crippen LogP contribution in [0.25, 0.3) is 20.8 Å². The summed E-state index contributed by atoms with van der Waals surface area (Å²) >= 11 is 3.32. The van der Waals surface area contributed by atoms with Crippen LogP contribution >= 0.6 is 22.7 Å². The van der Waals surface area contributed by atoms with Crippen molar-refractivity contribution in [2.45, 2.75) is 19.4 Å². The van der Waals surface area contributed by atoms with E-state index in [4.69, 9.17) is 4.98 Å². The third-order valence-corrected chi connectivity index (χ3v) is 11.0. The molecule has 0 atom stereocenters. The molecular formula is C22H25N5O2S3. The molecule has 0 unspecified atom stereocenters. The van der Waals surface area contributed by atoms with Crippen LogP contribution in [-0.2, 0) is 27.3 Å². The second-order valence-corrected chi connectivity index (χ2v) is 13.9. The number of carbonyl (C=O) groups is 1. The van der Waals surface area contributed by atoms with Crippen LogP contribution in [0.4, 0.5) is 5.00 Å². The Bertz CT molecular complexity index is 1270. The lowest BCUT2D eigenvalue weighted by atomic mass is 9.83. The lowest BCUT2D eigenvalue weighted by molar-refractivity contribution is -0.117. The minimum Gasteiger partial charge on any atom is -0.317 e. The fourth-order valence-corrected chi connectivity index (χ4v) is 10.1. The van der Waals surface area contributed by atoms with E-state index in [1.54, 1.807) is 35.1 Å². The van der Waals surface area contributed by atoms with Gasteiger partial charge in [0.1, 0.15) is 15.5 Å². The zero-order valence-electron chi connectivity index (χ0n) is 17.7. The van der Waals surface area contributed by atoms with Gasteiger partial charge in [0.15, 0.2) is 0 Å². The first-order valence-corrected chi connectivity index (χ1v) is 14.5. The predicted molar refractivity (Wildman–Crippen MR) is 133 cm³/mol. The van der Waals surface area contributed by atoms with Crippen molar-refractivity contribution in [1.29, 1.82) is 0 Å². The van der Waals surface area contributed by atoms with Gasteiger partial charge in [0.25, 0.3) is 0 Å². The monoisotopic (exact) mass is 487 g/mol. The molecular weight excluding hydrogens is 462 g/mol. The molecule has 32 heavy (non-hydrogen) atoms. The summed E-state index contributed by atoms with van der Waals surface area (Å²) in [4.78, 5) is 25.4. The van der Waals surface area contributed by atoms with Gasteiger partial charge in [0.05, 0.1) is 10.9 Å².